The summed E-state index contributed by atoms with van der Waals surface area (Å²) >= 11 is 1.98. The predicted octanol–water partition coefficient (Wildman–Crippen LogP) is 2.10. The Balaban J connectivity index is 2.24. The smallest absolute Gasteiger partial charge is 0.161 e. The Morgan fingerprint density at radius 3 is 2.67 bits per heavy atom. The first kappa shape index (κ1) is 13.5. The number of rotatable bonds is 5. The third-order valence-corrected chi connectivity index (χ3v) is 4.74. The van der Waals surface area contributed by atoms with Gasteiger partial charge in [0.2, 0.25) is 0 Å². The lowest BCUT2D eigenvalue weighted by molar-refractivity contribution is 0.353. The number of benzene rings is 1. The molecule has 3 N–H and O–H groups in total. The van der Waals surface area contributed by atoms with Crippen molar-refractivity contribution in [2.45, 2.75) is 24.1 Å². The van der Waals surface area contributed by atoms with E-state index in [1.54, 1.807) is 14.2 Å². The molecular weight excluding hydrogens is 248 g/mol. The first-order valence-electron chi connectivity index (χ1n) is 6.09. The normalized spacial score (nSPS) is 20.7. The summed E-state index contributed by atoms with van der Waals surface area (Å²) in [7, 11) is 3.29. The molecule has 1 aromatic rings. The standard InChI is InChI=1S/C13H20N2O2S/c1-16-10-6-5-9(8-11(10)17-2)13(15-14)12-4-3-7-18-12/h5-6,8,12-13,15H,3-4,7,14H2,1-2H3. The van der Waals surface area contributed by atoms with Crippen LogP contribution in [0.1, 0.15) is 24.4 Å². The summed E-state index contributed by atoms with van der Waals surface area (Å²) in [6.45, 7) is 0. The van der Waals surface area contributed by atoms with Crippen molar-refractivity contribution in [1.29, 1.82) is 0 Å². The average Bonchev–Trinajstić information content (AvgIpc) is 2.93. The highest BCUT2D eigenvalue weighted by Gasteiger charge is 2.26. The molecular formula is C13H20N2O2S. The fraction of sp³-hybridized carbons (Fsp3) is 0.538. The van der Waals surface area contributed by atoms with Gasteiger partial charge in [0.1, 0.15) is 0 Å². The maximum Gasteiger partial charge on any atom is 0.161 e. The first-order valence-corrected chi connectivity index (χ1v) is 7.14. The van der Waals surface area contributed by atoms with Crippen LogP contribution in [-0.4, -0.2) is 25.2 Å². The Bertz CT molecular complexity index is 395. The number of ether oxygens (including phenoxy) is 2. The van der Waals surface area contributed by atoms with E-state index in [1.807, 2.05) is 30.0 Å². The summed E-state index contributed by atoms with van der Waals surface area (Å²) in [5, 5.41) is 0.535. The van der Waals surface area contributed by atoms with E-state index < -0.39 is 0 Å². The monoisotopic (exact) mass is 268 g/mol. The SMILES string of the molecule is COc1ccc(C(NN)C2CCCS2)cc1OC. The summed E-state index contributed by atoms with van der Waals surface area (Å²) in [5.41, 5.74) is 4.08. The predicted molar refractivity (Wildman–Crippen MR) is 75.1 cm³/mol. The van der Waals surface area contributed by atoms with Crippen LogP contribution in [-0.2, 0) is 0 Å². The molecule has 0 spiro atoms. The van der Waals surface area contributed by atoms with Gasteiger partial charge in [-0.2, -0.15) is 11.8 Å². The van der Waals surface area contributed by atoms with Crippen molar-refractivity contribution < 1.29 is 9.47 Å². The van der Waals surface area contributed by atoms with Gasteiger partial charge in [-0.15, -0.1) is 0 Å². The Hall–Kier alpha value is -0.910. The van der Waals surface area contributed by atoms with Crippen LogP contribution in [0.4, 0.5) is 0 Å². The van der Waals surface area contributed by atoms with E-state index in [0.29, 0.717) is 5.25 Å². The number of thioether (sulfide) groups is 1. The molecule has 0 aliphatic carbocycles. The summed E-state index contributed by atoms with van der Waals surface area (Å²) in [4.78, 5) is 0. The van der Waals surface area contributed by atoms with Crippen LogP contribution < -0.4 is 20.7 Å². The molecule has 1 aliphatic heterocycles. The van der Waals surface area contributed by atoms with Crippen molar-refractivity contribution in [3.05, 3.63) is 23.8 Å². The molecule has 0 amide bonds. The van der Waals surface area contributed by atoms with Gasteiger partial charge in [0.05, 0.1) is 20.3 Å². The number of nitrogens with one attached hydrogen (secondary N) is 1. The van der Waals surface area contributed by atoms with E-state index >= 15 is 0 Å². The van der Waals surface area contributed by atoms with E-state index in [9.17, 15) is 0 Å². The van der Waals surface area contributed by atoms with Gasteiger partial charge >= 0.3 is 0 Å². The molecule has 1 heterocycles. The number of methoxy groups -OCH3 is 2. The highest BCUT2D eigenvalue weighted by molar-refractivity contribution is 8.00. The zero-order valence-electron chi connectivity index (χ0n) is 10.8. The third kappa shape index (κ3) is 2.74. The van der Waals surface area contributed by atoms with Crippen molar-refractivity contribution in [2.24, 2.45) is 5.84 Å². The van der Waals surface area contributed by atoms with E-state index in [2.05, 4.69) is 5.43 Å². The first-order chi connectivity index (χ1) is 8.80. The van der Waals surface area contributed by atoms with Gasteiger partial charge in [-0.05, 0) is 36.3 Å². The van der Waals surface area contributed by atoms with E-state index in [1.165, 1.54) is 18.6 Å². The maximum absolute atomic E-state index is 5.71. The van der Waals surface area contributed by atoms with Crippen molar-refractivity contribution in [3.8, 4) is 11.5 Å². The number of nitrogens with two attached hydrogens (primary N) is 1. The molecule has 5 heteroatoms. The van der Waals surface area contributed by atoms with Gasteiger partial charge in [0.25, 0.3) is 0 Å². The lowest BCUT2D eigenvalue weighted by atomic mass is 10.0. The fourth-order valence-corrected chi connectivity index (χ4v) is 3.73. The Morgan fingerprint density at radius 1 is 1.33 bits per heavy atom. The summed E-state index contributed by atoms with van der Waals surface area (Å²) in [5.74, 6) is 8.42. The Labute approximate surface area is 112 Å². The lowest BCUT2D eigenvalue weighted by Crippen LogP contribution is -2.34. The highest BCUT2D eigenvalue weighted by Crippen LogP contribution is 2.38. The molecule has 0 bridgehead atoms. The summed E-state index contributed by atoms with van der Waals surface area (Å²) < 4.78 is 10.6. The number of hydrogen-bond donors (Lipinski definition) is 2. The third-order valence-electron chi connectivity index (χ3n) is 3.28. The van der Waals surface area contributed by atoms with Crippen molar-refractivity contribution in [1.82, 2.24) is 5.43 Å². The second-order valence-electron chi connectivity index (χ2n) is 4.31. The molecule has 1 saturated heterocycles. The van der Waals surface area contributed by atoms with Crippen LogP contribution in [0.3, 0.4) is 0 Å². The molecule has 0 radical (unpaired) electrons. The summed E-state index contributed by atoms with van der Waals surface area (Å²) in [6, 6.07) is 6.14. The second kappa shape index (κ2) is 6.31. The average molecular weight is 268 g/mol. The molecule has 18 heavy (non-hydrogen) atoms. The van der Waals surface area contributed by atoms with Gasteiger partial charge in [0, 0.05) is 5.25 Å². The Kier molecular flexibility index (Phi) is 4.74. The van der Waals surface area contributed by atoms with Crippen LogP contribution in [0, 0.1) is 0 Å². The second-order valence-corrected chi connectivity index (χ2v) is 5.66. The van der Waals surface area contributed by atoms with Gasteiger partial charge in [0.15, 0.2) is 11.5 Å². The molecule has 100 valence electrons. The minimum absolute atomic E-state index is 0.164. The molecule has 0 aromatic heterocycles. The lowest BCUT2D eigenvalue weighted by Gasteiger charge is -2.23. The van der Waals surface area contributed by atoms with Gasteiger partial charge < -0.3 is 9.47 Å². The van der Waals surface area contributed by atoms with E-state index in [0.717, 1.165) is 17.1 Å². The fourth-order valence-electron chi connectivity index (χ4n) is 2.33. The summed E-state index contributed by atoms with van der Waals surface area (Å²) in [6.07, 6.45) is 2.47. The molecule has 4 nitrogen and oxygen atoms in total. The molecule has 1 fully saturated rings. The van der Waals surface area contributed by atoms with Crippen LogP contribution in [0.25, 0.3) is 0 Å². The molecule has 0 saturated carbocycles. The zero-order chi connectivity index (χ0) is 13.0. The number of hydrazine groups is 1. The van der Waals surface area contributed by atoms with Crippen LogP contribution in [0.2, 0.25) is 0 Å². The molecule has 1 aromatic carbocycles. The van der Waals surface area contributed by atoms with Crippen LogP contribution in [0.5, 0.6) is 11.5 Å². The van der Waals surface area contributed by atoms with Crippen molar-refractivity contribution in [3.63, 3.8) is 0 Å². The van der Waals surface area contributed by atoms with E-state index in [-0.39, 0.29) is 6.04 Å². The topological polar surface area (TPSA) is 56.5 Å². The van der Waals surface area contributed by atoms with Crippen molar-refractivity contribution in [2.75, 3.05) is 20.0 Å². The number of hydrogen-bond acceptors (Lipinski definition) is 5. The molecule has 2 rings (SSSR count). The molecule has 2 unspecified atom stereocenters. The van der Waals surface area contributed by atoms with Gasteiger partial charge in [-0.1, -0.05) is 6.07 Å². The van der Waals surface area contributed by atoms with Crippen molar-refractivity contribution >= 4 is 11.8 Å². The molecule has 1 aliphatic rings. The largest absolute Gasteiger partial charge is 0.493 e. The highest BCUT2D eigenvalue weighted by atomic mass is 32.2. The minimum Gasteiger partial charge on any atom is -0.493 e. The van der Waals surface area contributed by atoms with E-state index in [4.69, 9.17) is 15.3 Å². The van der Waals surface area contributed by atoms with Gasteiger partial charge in [-0.3, -0.25) is 11.3 Å². The van der Waals surface area contributed by atoms with Crippen LogP contribution >= 0.6 is 11.8 Å². The maximum atomic E-state index is 5.71. The van der Waals surface area contributed by atoms with Gasteiger partial charge in [-0.25, -0.2) is 0 Å². The minimum atomic E-state index is 0.164. The zero-order valence-corrected chi connectivity index (χ0v) is 11.6. The Morgan fingerprint density at radius 2 is 2.11 bits per heavy atom. The quantitative estimate of drug-likeness (QED) is 0.632. The van der Waals surface area contributed by atoms with Crippen LogP contribution in [0.15, 0.2) is 18.2 Å². The molecule has 2 atom stereocenters.